The summed E-state index contributed by atoms with van der Waals surface area (Å²) >= 11 is 0. The number of unbranched alkanes of at least 4 members (excludes halogenated alkanes) is 1. The fourth-order valence-corrected chi connectivity index (χ4v) is 3.26. The molecule has 2 aromatic heterocycles. The molecule has 0 aliphatic heterocycles. The number of hydrogen-bond donors (Lipinski definition) is 1. The summed E-state index contributed by atoms with van der Waals surface area (Å²) in [6.45, 7) is 10.0. The molecule has 164 valence electrons. The number of aromatic nitrogens is 3. The molecule has 0 aliphatic rings. The number of fused-ring (bicyclic) bond motifs is 1. The first-order chi connectivity index (χ1) is 14.6. The highest BCUT2D eigenvalue weighted by Gasteiger charge is 2.23. The number of pyridine rings is 1. The quantitative estimate of drug-likeness (QED) is 0.424. The maximum Gasteiger partial charge on any atom is 0.269 e. The first-order valence-corrected chi connectivity index (χ1v) is 10.5. The topological polar surface area (TPSA) is 103 Å². The van der Waals surface area contributed by atoms with E-state index in [4.69, 9.17) is 9.97 Å². The molecule has 1 amide bonds. The molecule has 0 saturated carbocycles. The molecular weight excluding hydrogens is 394 g/mol. The predicted molar refractivity (Wildman–Crippen MR) is 121 cm³/mol. The molecule has 8 nitrogen and oxygen atoms in total. The first kappa shape index (κ1) is 22.4. The van der Waals surface area contributed by atoms with E-state index in [2.05, 4.69) is 12.2 Å². The number of nitrogens with zero attached hydrogens (tertiary/aromatic N) is 4. The van der Waals surface area contributed by atoms with Gasteiger partial charge in [-0.3, -0.25) is 14.9 Å². The highest BCUT2D eigenvalue weighted by molar-refractivity contribution is 5.96. The number of nitro benzene ring substituents is 1. The Morgan fingerprint density at radius 2 is 1.97 bits per heavy atom. The van der Waals surface area contributed by atoms with E-state index in [9.17, 15) is 14.9 Å². The van der Waals surface area contributed by atoms with Crippen molar-refractivity contribution < 1.29 is 9.72 Å². The van der Waals surface area contributed by atoms with Gasteiger partial charge in [-0.05, 0) is 25.0 Å². The number of non-ortho nitro benzene ring substituents is 1. The third-order valence-corrected chi connectivity index (χ3v) is 5.14. The van der Waals surface area contributed by atoms with Gasteiger partial charge in [0.1, 0.15) is 11.3 Å². The van der Waals surface area contributed by atoms with E-state index in [0.717, 1.165) is 30.7 Å². The Hall–Kier alpha value is -3.29. The summed E-state index contributed by atoms with van der Waals surface area (Å²) in [7, 11) is 0. The number of nitro groups is 1. The molecule has 0 spiro atoms. The van der Waals surface area contributed by atoms with Crippen molar-refractivity contribution in [3.63, 3.8) is 0 Å². The van der Waals surface area contributed by atoms with Crippen molar-refractivity contribution in [3.05, 3.63) is 57.5 Å². The third kappa shape index (κ3) is 5.07. The van der Waals surface area contributed by atoms with E-state index in [1.807, 2.05) is 44.4 Å². The van der Waals surface area contributed by atoms with Crippen LogP contribution in [0.2, 0.25) is 0 Å². The number of amides is 1. The fourth-order valence-electron chi connectivity index (χ4n) is 3.26. The molecule has 0 aliphatic carbocycles. The number of nitrogens with one attached hydrogen (secondary N) is 1. The summed E-state index contributed by atoms with van der Waals surface area (Å²) in [5, 5.41) is 14.1. The molecule has 2 heterocycles. The van der Waals surface area contributed by atoms with Gasteiger partial charge in [-0.2, -0.15) is 0 Å². The third-order valence-electron chi connectivity index (χ3n) is 5.14. The summed E-state index contributed by atoms with van der Waals surface area (Å²) in [5.74, 6) is 0.800. The molecule has 8 heteroatoms. The lowest BCUT2D eigenvalue weighted by Gasteiger charge is -2.18. The van der Waals surface area contributed by atoms with Gasteiger partial charge < -0.3 is 9.88 Å². The van der Waals surface area contributed by atoms with Crippen LogP contribution >= 0.6 is 0 Å². The van der Waals surface area contributed by atoms with Crippen LogP contribution < -0.4 is 5.32 Å². The summed E-state index contributed by atoms with van der Waals surface area (Å²) in [5.41, 5.74) is 3.12. The van der Waals surface area contributed by atoms with Crippen LogP contribution in [0.3, 0.4) is 0 Å². The zero-order chi connectivity index (χ0) is 22.8. The standard InChI is InChI=1S/C23H29N5O3/c1-6-7-11-20-25-19-13-18(26-22(29)23(3,4)5)15(2)24-21(19)27(20)14-16-9-8-10-17(12-16)28(30)31/h8-10,12-13H,6-7,11,14H2,1-5H3,(H,26,29). The number of carbonyl (C=O) groups excluding carboxylic acids is 1. The summed E-state index contributed by atoms with van der Waals surface area (Å²) in [6.07, 6.45) is 2.79. The molecular formula is C23H29N5O3. The van der Waals surface area contributed by atoms with Gasteiger partial charge in [0.15, 0.2) is 5.65 Å². The maximum absolute atomic E-state index is 12.4. The number of rotatable bonds is 7. The second-order valence-corrected chi connectivity index (χ2v) is 8.81. The summed E-state index contributed by atoms with van der Waals surface area (Å²) in [6, 6.07) is 8.49. The van der Waals surface area contributed by atoms with Crippen LogP contribution in [0.25, 0.3) is 11.2 Å². The Balaban J connectivity index is 2.04. The second-order valence-electron chi connectivity index (χ2n) is 8.81. The van der Waals surface area contributed by atoms with Gasteiger partial charge in [-0.25, -0.2) is 9.97 Å². The monoisotopic (exact) mass is 423 g/mol. The summed E-state index contributed by atoms with van der Waals surface area (Å²) < 4.78 is 2.02. The molecule has 3 aromatic rings. The molecule has 0 unspecified atom stereocenters. The Morgan fingerprint density at radius 3 is 2.61 bits per heavy atom. The SMILES string of the molecule is CCCCc1nc2cc(NC(=O)C(C)(C)C)c(C)nc2n1Cc1cccc([N+](=O)[O-])c1. The minimum Gasteiger partial charge on any atom is -0.324 e. The lowest BCUT2D eigenvalue weighted by molar-refractivity contribution is -0.384. The van der Waals surface area contributed by atoms with Crippen LogP contribution in [-0.2, 0) is 17.8 Å². The second kappa shape index (κ2) is 8.83. The van der Waals surface area contributed by atoms with E-state index >= 15 is 0 Å². The first-order valence-electron chi connectivity index (χ1n) is 10.5. The average Bonchev–Trinajstić information content (AvgIpc) is 3.02. The molecule has 0 radical (unpaired) electrons. The molecule has 0 fully saturated rings. The molecule has 0 saturated heterocycles. The van der Waals surface area contributed by atoms with Crippen molar-refractivity contribution in [2.45, 2.75) is 60.4 Å². The highest BCUT2D eigenvalue weighted by atomic mass is 16.6. The lowest BCUT2D eigenvalue weighted by Crippen LogP contribution is -2.28. The van der Waals surface area contributed by atoms with E-state index in [1.165, 1.54) is 6.07 Å². The van der Waals surface area contributed by atoms with Crippen LogP contribution in [0.4, 0.5) is 11.4 Å². The van der Waals surface area contributed by atoms with Gasteiger partial charge in [-0.1, -0.05) is 46.2 Å². The molecule has 3 rings (SSSR count). The fraction of sp³-hybridized carbons (Fsp3) is 0.435. The van der Waals surface area contributed by atoms with Crippen molar-refractivity contribution in [2.24, 2.45) is 5.41 Å². The molecule has 1 aromatic carbocycles. The van der Waals surface area contributed by atoms with Crippen LogP contribution in [0.1, 0.15) is 57.6 Å². The van der Waals surface area contributed by atoms with Gasteiger partial charge in [0.05, 0.1) is 22.8 Å². The van der Waals surface area contributed by atoms with Gasteiger partial charge >= 0.3 is 0 Å². The van der Waals surface area contributed by atoms with Gasteiger partial charge in [0.2, 0.25) is 5.91 Å². The van der Waals surface area contributed by atoms with Crippen LogP contribution in [-0.4, -0.2) is 25.4 Å². The van der Waals surface area contributed by atoms with Crippen molar-refractivity contribution >= 4 is 28.4 Å². The smallest absolute Gasteiger partial charge is 0.269 e. The number of benzene rings is 1. The lowest BCUT2D eigenvalue weighted by atomic mass is 9.95. The molecule has 1 N–H and O–H groups in total. The van der Waals surface area contributed by atoms with Crippen LogP contribution in [0.5, 0.6) is 0 Å². The van der Waals surface area contributed by atoms with Crippen molar-refractivity contribution in [1.29, 1.82) is 0 Å². The number of imidazole rings is 1. The largest absolute Gasteiger partial charge is 0.324 e. The predicted octanol–water partition coefficient (Wildman–Crippen LogP) is 5.02. The zero-order valence-corrected chi connectivity index (χ0v) is 18.7. The molecule has 31 heavy (non-hydrogen) atoms. The van der Waals surface area contributed by atoms with Crippen molar-refractivity contribution in [2.75, 3.05) is 5.32 Å². The molecule has 0 atom stereocenters. The molecule has 0 bridgehead atoms. The number of hydrogen-bond acceptors (Lipinski definition) is 5. The Kier molecular flexibility index (Phi) is 6.38. The Labute approximate surface area is 181 Å². The Bertz CT molecular complexity index is 1130. The number of carbonyl (C=O) groups is 1. The normalized spacial score (nSPS) is 11.6. The van der Waals surface area contributed by atoms with Gasteiger partial charge in [0, 0.05) is 24.0 Å². The minimum absolute atomic E-state index is 0.0633. The van der Waals surface area contributed by atoms with Crippen molar-refractivity contribution in [3.8, 4) is 0 Å². The highest BCUT2D eigenvalue weighted by Crippen LogP contribution is 2.26. The summed E-state index contributed by atoms with van der Waals surface area (Å²) in [4.78, 5) is 32.7. The van der Waals surface area contributed by atoms with E-state index < -0.39 is 5.41 Å². The van der Waals surface area contributed by atoms with E-state index in [0.29, 0.717) is 29.1 Å². The Morgan fingerprint density at radius 1 is 1.23 bits per heavy atom. The maximum atomic E-state index is 12.4. The minimum atomic E-state index is -0.519. The van der Waals surface area contributed by atoms with Crippen molar-refractivity contribution in [1.82, 2.24) is 14.5 Å². The van der Waals surface area contributed by atoms with Crippen LogP contribution in [0, 0.1) is 22.5 Å². The van der Waals surface area contributed by atoms with E-state index in [1.54, 1.807) is 12.1 Å². The van der Waals surface area contributed by atoms with Gasteiger partial charge in [0.25, 0.3) is 5.69 Å². The van der Waals surface area contributed by atoms with E-state index in [-0.39, 0.29) is 16.5 Å². The number of aryl methyl sites for hydroxylation is 2. The zero-order valence-electron chi connectivity index (χ0n) is 18.7. The average molecular weight is 424 g/mol. The van der Waals surface area contributed by atoms with Crippen LogP contribution in [0.15, 0.2) is 30.3 Å². The van der Waals surface area contributed by atoms with Gasteiger partial charge in [-0.15, -0.1) is 0 Å². The number of anilines is 1.